The molecule has 1 rings (SSSR count). The number of rotatable bonds is 4. The second kappa shape index (κ2) is 5.64. The summed E-state index contributed by atoms with van der Waals surface area (Å²) in [4.78, 5) is 0.488. The van der Waals surface area contributed by atoms with E-state index in [-0.39, 0.29) is 5.82 Å². The Morgan fingerprint density at radius 2 is 2.00 bits per heavy atom. The van der Waals surface area contributed by atoms with Crippen molar-refractivity contribution < 1.29 is 4.39 Å². The average Bonchev–Trinajstić information content (AvgIpc) is 2.10. The Labute approximate surface area is 100 Å². The second-order valence-corrected chi connectivity index (χ2v) is 5.81. The Balaban J connectivity index is 2.60. The third kappa shape index (κ3) is 4.33. The van der Waals surface area contributed by atoms with Crippen LogP contribution in [0, 0.1) is 18.7 Å². The van der Waals surface area contributed by atoms with Crippen LogP contribution in [0.5, 0.6) is 0 Å². The van der Waals surface area contributed by atoms with Gasteiger partial charge in [-0.25, -0.2) is 4.39 Å². The quantitative estimate of drug-likeness (QED) is 0.709. The minimum Gasteiger partial charge on any atom is -0.207 e. The predicted molar refractivity (Wildman–Crippen MR) is 67.0 cm³/mol. The van der Waals surface area contributed by atoms with Crippen molar-refractivity contribution in [3.63, 3.8) is 0 Å². The van der Waals surface area contributed by atoms with Crippen LogP contribution in [0.25, 0.3) is 0 Å². The van der Waals surface area contributed by atoms with Gasteiger partial charge >= 0.3 is 0 Å². The molecule has 0 aromatic heterocycles. The highest BCUT2D eigenvalue weighted by Gasteiger charge is 2.08. The lowest BCUT2D eigenvalue weighted by atomic mass is 10.0. The summed E-state index contributed by atoms with van der Waals surface area (Å²) in [6.45, 7) is 6.23. The summed E-state index contributed by atoms with van der Waals surface area (Å²) in [5.41, 5.74) is 1.94. The molecule has 1 aromatic carbocycles. The fourth-order valence-electron chi connectivity index (χ4n) is 1.68. The highest BCUT2D eigenvalue weighted by atomic mass is 79.9. The van der Waals surface area contributed by atoms with Gasteiger partial charge in [-0.3, -0.25) is 0 Å². The van der Waals surface area contributed by atoms with Gasteiger partial charge in [0, 0.05) is 4.83 Å². The lowest BCUT2D eigenvalue weighted by molar-refractivity contribution is 0.570. The first-order valence-corrected chi connectivity index (χ1v) is 6.29. The van der Waals surface area contributed by atoms with Gasteiger partial charge in [-0.15, -0.1) is 0 Å². The Morgan fingerprint density at radius 3 is 2.53 bits per heavy atom. The average molecular weight is 273 g/mol. The van der Waals surface area contributed by atoms with Crippen LogP contribution in [0.2, 0.25) is 0 Å². The lowest BCUT2D eigenvalue weighted by Crippen LogP contribution is -2.06. The highest BCUT2D eigenvalue weighted by Crippen LogP contribution is 2.19. The normalized spacial score (nSPS) is 13.2. The maximum absolute atomic E-state index is 13.0. The molecule has 0 N–H and O–H groups in total. The van der Waals surface area contributed by atoms with Gasteiger partial charge in [-0.1, -0.05) is 41.9 Å². The van der Waals surface area contributed by atoms with Gasteiger partial charge in [0.05, 0.1) is 0 Å². The molecule has 15 heavy (non-hydrogen) atoms. The van der Waals surface area contributed by atoms with Gasteiger partial charge in [-0.05, 0) is 42.9 Å². The van der Waals surface area contributed by atoms with Crippen LogP contribution in [-0.4, -0.2) is 4.83 Å². The smallest absolute Gasteiger partial charge is 0.126 e. The summed E-state index contributed by atoms with van der Waals surface area (Å²) in [6.07, 6.45) is 2.12. The molecule has 0 heterocycles. The molecule has 1 unspecified atom stereocenters. The van der Waals surface area contributed by atoms with E-state index in [0.29, 0.717) is 10.7 Å². The molecule has 84 valence electrons. The predicted octanol–water partition coefficient (Wildman–Crippen LogP) is 4.49. The molecule has 0 nitrogen and oxygen atoms in total. The largest absolute Gasteiger partial charge is 0.207 e. The first-order valence-electron chi connectivity index (χ1n) is 5.38. The molecule has 0 amide bonds. The van der Waals surface area contributed by atoms with E-state index in [1.165, 1.54) is 5.56 Å². The van der Waals surface area contributed by atoms with Crippen LogP contribution in [-0.2, 0) is 6.42 Å². The third-order valence-electron chi connectivity index (χ3n) is 2.41. The van der Waals surface area contributed by atoms with Crippen LogP contribution in [0.3, 0.4) is 0 Å². The van der Waals surface area contributed by atoms with Crippen LogP contribution >= 0.6 is 15.9 Å². The lowest BCUT2D eigenvalue weighted by Gasteiger charge is -2.12. The molecule has 0 aliphatic carbocycles. The van der Waals surface area contributed by atoms with Crippen molar-refractivity contribution in [2.45, 2.75) is 38.4 Å². The molecule has 0 saturated carbocycles. The van der Waals surface area contributed by atoms with Crippen LogP contribution in [0.4, 0.5) is 4.39 Å². The van der Waals surface area contributed by atoms with Crippen molar-refractivity contribution in [2.24, 2.45) is 5.92 Å². The van der Waals surface area contributed by atoms with E-state index in [1.807, 2.05) is 19.1 Å². The van der Waals surface area contributed by atoms with Gasteiger partial charge in [0.2, 0.25) is 0 Å². The maximum atomic E-state index is 13.0. The summed E-state index contributed by atoms with van der Waals surface area (Å²) in [7, 11) is 0. The molecule has 0 aliphatic rings. The zero-order chi connectivity index (χ0) is 11.4. The van der Waals surface area contributed by atoms with Crippen LogP contribution in [0.15, 0.2) is 18.2 Å². The summed E-state index contributed by atoms with van der Waals surface area (Å²) < 4.78 is 13.0. The molecule has 1 aromatic rings. The third-order valence-corrected chi connectivity index (χ3v) is 3.10. The van der Waals surface area contributed by atoms with Gasteiger partial charge < -0.3 is 0 Å². The summed E-state index contributed by atoms with van der Waals surface area (Å²) in [6, 6.07) is 5.36. The Bertz CT molecular complexity index is 320. The number of halogens is 2. The molecule has 0 fully saturated rings. The summed E-state index contributed by atoms with van der Waals surface area (Å²) >= 11 is 3.66. The van der Waals surface area contributed by atoms with Gasteiger partial charge in [0.1, 0.15) is 5.82 Å². The second-order valence-electron chi connectivity index (χ2n) is 4.51. The molecule has 0 bridgehead atoms. The van der Waals surface area contributed by atoms with E-state index in [1.54, 1.807) is 6.07 Å². The molecular formula is C13H18BrF. The molecule has 2 heteroatoms. The monoisotopic (exact) mass is 272 g/mol. The van der Waals surface area contributed by atoms with Gasteiger partial charge in [0.15, 0.2) is 0 Å². The Kier molecular flexibility index (Phi) is 4.78. The van der Waals surface area contributed by atoms with Gasteiger partial charge in [-0.2, -0.15) is 0 Å². The van der Waals surface area contributed by atoms with Crippen molar-refractivity contribution in [3.05, 3.63) is 35.1 Å². The van der Waals surface area contributed by atoms with E-state index in [0.717, 1.165) is 18.4 Å². The molecule has 0 saturated heterocycles. The zero-order valence-electron chi connectivity index (χ0n) is 9.56. The van der Waals surface area contributed by atoms with E-state index in [4.69, 9.17) is 0 Å². The van der Waals surface area contributed by atoms with Gasteiger partial charge in [0.25, 0.3) is 0 Å². The van der Waals surface area contributed by atoms with Crippen molar-refractivity contribution in [1.82, 2.24) is 0 Å². The minimum absolute atomic E-state index is 0.117. The van der Waals surface area contributed by atoms with Crippen LogP contribution in [0.1, 0.15) is 31.4 Å². The number of hydrogen-bond donors (Lipinski definition) is 0. The fourth-order valence-corrected chi connectivity index (χ4v) is 2.81. The molecular weight excluding hydrogens is 255 g/mol. The highest BCUT2D eigenvalue weighted by molar-refractivity contribution is 9.09. The standard InChI is InChI=1S/C13H18BrF/c1-9(2)6-12(14)8-11-4-5-13(15)10(3)7-11/h4-5,7,9,12H,6,8H2,1-3H3. The molecule has 1 atom stereocenters. The van der Waals surface area contributed by atoms with E-state index < -0.39 is 0 Å². The topological polar surface area (TPSA) is 0 Å². The van der Waals surface area contributed by atoms with Crippen LogP contribution < -0.4 is 0 Å². The Morgan fingerprint density at radius 1 is 1.33 bits per heavy atom. The summed E-state index contributed by atoms with van der Waals surface area (Å²) in [5, 5.41) is 0. The minimum atomic E-state index is -0.117. The van der Waals surface area contributed by atoms with Crippen molar-refractivity contribution >= 4 is 15.9 Å². The Hall–Kier alpha value is -0.370. The molecule has 0 radical (unpaired) electrons. The van der Waals surface area contributed by atoms with Crippen molar-refractivity contribution in [1.29, 1.82) is 0 Å². The number of benzene rings is 1. The zero-order valence-corrected chi connectivity index (χ0v) is 11.1. The maximum Gasteiger partial charge on any atom is 0.126 e. The summed E-state index contributed by atoms with van der Waals surface area (Å²) in [5.74, 6) is 0.574. The number of alkyl halides is 1. The number of hydrogen-bond acceptors (Lipinski definition) is 0. The first kappa shape index (κ1) is 12.7. The number of aryl methyl sites for hydroxylation is 1. The van der Waals surface area contributed by atoms with E-state index in [9.17, 15) is 4.39 Å². The van der Waals surface area contributed by atoms with Crippen molar-refractivity contribution in [2.75, 3.05) is 0 Å². The van der Waals surface area contributed by atoms with E-state index in [2.05, 4.69) is 29.8 Å². The molecule has 0 aliphatic heterocycles. The molecule has 0 spiro atoms. The fraction of sp³-hybridized carbons (Fsp3) is 0.538. The van der Waals surface area contributed by atoms with E-state index >= 15 is 0 Å². The first-order chi connectivity index (χ1) is 6.99. The SMILES string of the molecule is Cc1cc(CC(Br)CC(C)C)ccc1F. The van der Waals surface area contributed by atoms with Crippen molar-refractivity contribution in [3.8, 4) is 0 Å².